The van der Waals surface area contributed by atoms with Crippen LogP contribution in [0.15, 0.2) is 18.2 Å². The monoisotopic (exact) mass is 317 g/mol. The number of hydrogen-bond acceptors (Lipinski definition) is 4. The van der Waals surface area contributed by atoms with Crippen molar-refractivity contribution in [3.63, 3.8) is 0 Å². The zero-order valence-electron chi connectivity index (χ0n) is 12.3. The first-order chi connectivity index (χ1) is 10.3. The number of halogens is 3. The highest BCUT2D eigenvalue weighted by Crippen LogP contribution is 2.36. The zero-order valence-corrected chi connectivity index (χ0v) is 12.3. The molecule has 1 aromatic carbocycles. The Morgan fingerprint density at radius 1 is 1.23 bits per heavy atom. The lowest BCUT2D eigenvalue weighted by Gasteiger charge is -2.35. The number of hydrogen-bond donors (Lipinski definition) is 0. The van der Waals surface area contributed by atoms with Gasteiger partial charge >= 0.3 is 6.18 Å². The lowest BCUT2D eigenvalue weighted by molar-refractivity contribution is -0.384. The number of benzene rings is 1. The van der Waals surface area contributed by atoms with Gasteiger partial charge in [0.2, 0.25) is 0 Å². The fourth-order valence-corrected chi connectivity index (χ4v) is 2.64. The molecule has 0 atom stereocenters. The van der Waals surface area contributed by atoms with E-state index in [0.29, 0.717) is 19.2 Å². The van der Waals surface area contributed by atoms with Crippen LogP contribution in [0, 0.1) is 10.1 Å². The van der Waals surface area contributed by atoms with Crippen LogP contribution in [0.5, 0.6) is 0 Å². The van der Waals surface area contributed by atoms with Gasteiger partial charge in [-0.1, -0.05) is 6.92 Å². The van der Waals surface area contributed by atoms with Crippen LogP contribution in [0.1, 0.15) is 18.9 Å². The van der Waals surface area contributed by atoms with Gasteiger partial charge < -0.3 is 4.90 Å². The average molecular weight is 317 g/mol. The van der Waals surface area contributed by atoms with E-state index in [0.717, 1.165) is 32.1 Å². The summed E-state index contributed by atoms with van der Waals surface area (Å²) in [4.78, 5) is 14.4. The number of anilines is 1. The summed E-state index contributed by atoms with van der Waals surface area (Å²) < 4.78 is 38.1. The smallest absolute Gasteiger partial charge is 0.363 e. The van der Waals surface area contributed by atoms with Crippen molar-refractivity contribution in [3.05, 3.63) is 33.9 Å². The average Bonchev–Trinajstić information content (AvgIpc) is 2.47. The molecule has 1 saturated heterocycles. The molecule has 0 aliphatic carbocycles. The molecular weight excluding hydrogens is 299 g/mol. The fourth-order valence-electron chi connectivity index (χ4n) is 2.64. The lowest BCUT2D eigenvalue weighted by atomic mass is 10.1. The predicted octanol–water partition coefficient (Wildman–Crippen LogP) is 3.15. The fraction of sp³-hybridized carbons (Fsp3) is 0.571. The van der Waals surface area contributed by atoms with Crippen molar-refractivity contribution in [2.24, 2.45) is 0 Å². The molecule has 0 N–H and O–H groups in total. The quantitative estimate of drug-likeness (QED) is 0.632. The number of piperazine rings is 1. The van der Waals surface area contributed by atoms with Gasteiger partial charge in [0.1, 0.15) is 5.69 Å². The van der Waals surface area contributed by atoms with Crippen LogP contribution in [0.2, 0.25) is 0 Å². The van der Waals surface area contributed by atoms with Crippen LogP contribution >= 0.6 is 0 Å². The van der Waals surface area contributed by atoms with Gasteiger partial charge in [-0.3, -0.25) is 15.0 Å². The van der Waals surface area contributed by atoms with Crippen LogP contribution < -0.4 is 4.90 Å². The van der Waals surface area contributed by atoms with E-state index in [1.165, 1.54) is 6.07 Å². The van der Waals surface area contributed by atoms with Crippen molar-refractivity contribution in [2.75, 3.05) is 37.6 Å². The molecule has 1 aliphatic rings. The SMILES string of the molecule is CCCN1CCN(c2ccc(C(F)(F)F)cc2[N+](=O)[O-])CC1. The molecule has 0 aromatic heterocycles. The molecule has 1 aromatic rings. The van der Waals surface area contributed by atoms with E-state index in [2.05, 4.69) is 11.8 Å². The van der Waals surface area contributed by atoms with Crippen LogP contribution in [-0.2, 0) is 6.18 Å². The van der Waals surface area contributed by atoms with Gasteiger partial charge in [-0.25, -0.2) is 0 Å². The molecule has 0 saturated carbocycles. The Labute approximate surface area is 126 Å². The highest BCUT2D eigenvalue weighted by atomic mass is 19.4. The first-order valence-electron chi connectivity index (χ1n) is 7.16. The number of alkyl halides is 3. The normalized spacial score (nSPS) is 16.8. The minimum atomic E-state index is -4.58. The third-order valence-electron chi connectivity index (χ3n) is 3.75. The van der Waals surface area contributed by atoms with Gasteiger partial charge in [-0.2, -0.15) is 13.2 Å². The van der Waals surface area contributed by atoms with Crippen molar-refractivity contribution < 1.29 is 18.1 Å². The first-order valence-corrected chi connectivity index (χ1v) is 7.16. The number of rotatable bonds is 4. The number of nitrogens with zero attached hydrogens (tertiary/aromatic N) is 3. The van der Waals surface area contributed by atoms with Gasteiger partial charge in [0, 0.05) is 32.2 Å². The van der Waals surface area contributed by atoms with Crippen molar-refractivity contribution in [1.29, 1.82) is 0 Å². The molecule has 2 rings (SSSR count). The molecule has 0 radical (unpaired) electrons. The van der Waals surface area contributed by atoms with E-state index in [-0.39, 0.29) is 5.69 Å². The van der Waals surface area contributed by atoms with E-state index in [1.54, 1.807) is 4.90 Å². The molecule has 1 fully saturated rings. The summed E-state index contributed by atoms with van der Waals surface area (Å²) in [5.74, 6) is 0. The van der Waals surface area contributed by atoms with Gasteiger partial charge in [-0.15, -0.1) is 0 Å². The minimum Gasteiger partial charge on any atom is -0.363 e. The van der Waals surface area contributed by atoms with Crippen LogP contribution in [-0.4, -0.2) is 42.5 Å². The van der Waals surface area contributed by atoms with E-state index in [4.69, 9.17) is 0 Å². The van der Waals surface area contributed by atoms with E-state index >= 15 is 0 Å². The molecule has 5 nitrogen and oxygen atoms in total. The Hall–Kier alpha value is -1.83. The summed E-state index contributed by atoms with van der Waals surface area (Å²) in [7, 11) is 0. The maximum absolute atomic E-state index is 12.7. The second kappa shape index (κ2) is 6.51. The number of nitro groups is 1. The maximum Gasteiger partial charge on any atom is 0.416 e. The van der Waals surface area contributed by atoms with Crippen LogP contribution in [0.25, 0.3) is 0 Å². The molecule has 22 heavy (non-hydrogen) atoms. The Kier molecular flexibility index (Phi) is 4.90. The third-order valence-corrected chi connectivity index (χ3v) is 3.75. The molecular formula is C14H18F3N3O2. The molecule has 1 heterocycles. The molecule has 1 aliphatic heterocycles. The highest BCUT2D eigenvalue weighted by molar-refractivity contribution is 5.65. The Balaban J connectivity index is 2.23. The first kappa shape index (κ1) is 16.5. The molecule has 8 heteroatoms. The van der Waals surface area contributed by atoms with Crippen molar-refractivity contribution >= 4 is 11.4 Å². The number of nitro benzene ring substituents is 1. The van der Waals surface area contributed by atoms with Gasteiger partial charge in [0.05, 0.1) is 10.5 Å². The molecule has 0 unspecified atom stereocenters. The lowest BCUT2D eigenvalue weighted by Crippen LogP contribution is -2.46. The summed E-state index contributed by atoms with van der Waals surface area (Å²) in [6.45, 7) is 5.70. The zero-order chi connectivity index (χ0) is 16.3. The van der Waals surface area contributed by atoms with Gasteiger partial charge in [-0.05, 0) is 25.1 Å². The van der Waals surface area contributed by atoms with Crippen LogP contribution in [0.4, 0.5) is 24.5 Å². The standard InChI is InChI=1S/C14H18F3N3O2/c1-2-5-18-6-8-19(9-7-18)12-4-3-11(14(15,16)17)10-13(12)20(21)22/h3-4,10H,2,5-9H2,1H3. The summed E-state index contributed by atoms with van der Waals surface area (Å²) in [5, 5.41) is 11.1. The second-order valence-corrected chi connectivity index (χ2v) is 5.29. The Morgan fingerprint density at radius 2 is 1.86 bits per heavy atom. The summed E-state index contributed by atoms with van der Waals surface area (Å²) in [6, 6.07) is 2.73. The predicted molar refractivity (Wildman–Crippen MR) is 77.0 cm³/mol. The van der Waals surface area contributed by atoms with Crippen molar-refractivity contribution in [3.8, 4) is 0 Å². The summed E-state index contributed by atoms with van der Waals surface area (Å²) in [5.41, 5.74) is -1.22. The summed E-state index contributed by atoms with van der Waals surface area (Å²) >= 11 is 0. The molecule has 0 amide bonds. The van der Waals surface area contributed by atoms with Gasteiger partial charge in [0.15, 0.2) is 0 Å². The topological polar surface area (TPSA) is 49.6 Å². The van der Waals surface area contributed by atoms with Crippen molar-refractivity contribution in [2.45, 2.75) is 19.5 Å². The summed E-state index contributed by atoms with van der Waals surface area (Å²) in [6.07, 6.45) is -3.55. The highest BCUT2D eigenvalue weighted by Gasteiger charge is 2.34. The Morgan fingerprint density at radius 3 is 2.36 bits per heavy atom. The minimum absolute atomic E-state index is 0.258. The second-order valence-electron chi connectivity index (χ2n) is 5.29. The Bertz CT molecular complexity index is 541. The molecule has 122 valence electrons. The van der Waals surface area contributed by atoms with Gasteiger partial charge in [0.25, 0.3) is 5.69 Å². The van der Waals surface area contributed by atoms with E-state index < -0.39 is 22.4 Å². The van der Waals surface area contributed by atoms with E-state index in [1.807, 2.05) is 0 Å². The van der Waals surface area contributed by atoms with Crippen molar-refractivity contribution in [1.82, 2.24) is 4.90 Å². The largest absolute Gasteiger partial charge is 0.416 e. The third kappa shape index (κ3) is 3.68. The maximum atomic E-state index is 12.7. The molecule has 0 spiro atoms. The van der Waals surface area contributed by atoms with E-state index in [9.17, 15) is 23.3 Å². The van der Waals surface area contributed by atoms with Crippen LogP contribution in [0.3, 0.4) is 0 Å². The molecule has 0 bridgehead atoms.